The van der Waals surface area contributed by atoms with E-state index in [-0.39, 0.29) is 11.7 Å². The van der Waals surface area contributed by atoms with Crippen LogP contribution in [0.5, 0.6) is 5.75 Å². The minimum Gasteiger partial charge on any atom is -0.505 e. The summed E-state index contributed by atoms with van der Waals surface area (Å²) in [6.45, 7) is 5.46. The van der Waals surface area contributed by atoms with E-state index in [9.17, 15) is 14.3 Å². The maximum atomic E-state index is 14.3. The third-order valence-electron chi connectivity index (χ3n) is 10.7. The molecular weight excluding hydrogens is 601 g/mol. The molecule has 0 bridgehead atoms. The van der Waals surface area contributed by atoms with Gasteiger partial charge in [0.1, 0.15) is 5.69 Å². The van der Waals surface area contributed by atoms with Gasteiger partial charge in [0, 0.05) is 17.8 Å². The van der Waals surface area contributed by atoms with Crippen LogP contribution >= 0.6 is 0 Å². The Balaban J connectivity index is 1.04. The fourth-order valence-corrected chi connectivity index (χ4v) is 7.58. The average Bonchev–Trinajstić information content (AvgIpc) is 3.77. The number of phenolic OH excluding ortho intramolecular Hbond substituents is 1. The minimum absolute atomic E-state index is 0.243. The molecule has 6 rings (SSSR count). The normalized spacial score (nSPS) is 14.6. The van der Waals surface area contributed by atoms with E-state index in [1.165, 1.54) is 89.2 Å². The summed E-state index contributed by atoms with van der Waals surface area (Å²) in [4.78, 5) is 20.4. The number of amides is 1. The van der Waals surface area contributed by atoms with Gasteiger partial charge >= 0.3 is 0 Å². The molecule has 258 valence electrons. The standard InChI is InChI=1S/C40H54FN5O2/c1-3-5-6-7-8-9-10-11-12-13-14-15-16-20-38(48)45-26-35-36(27-45)46(30-18-17-19-30)40(42-35)39-31-22-21-29(23-34(31)43-44-39)32-25-33(41)37(47)24-28(32)4-2/h21-25,30,47H,3-20,26-27H2,1-2H3,(H,43,44). The predicted octanol–water partition coefficient (Wildman–Crippen LogP) is 10.5. The molecule has 2 aromatic carbocycles. The topological polar surface area (TPSA) is 87.0 Å². The molecule has 3 heterocycles. The van der Waals surface area contributed by atoms with Crippen LogP contribution in [-0.4, -0.2) is 35.7 Å². The zero-order valence-corrected chi connectivity index (χ0v) is 29.1. The lowest BCUT2D eigenvalue weighted by Gasteiger charge is -2.30. The molecule has 0 atom stereocenters. The Morgan fingerprint density at radius 2 is 1.60 bits per heavy atom. The number of aromatic hydroxyl groups is 1. The lowest BCUT2D eigenvalue weighted by Crippen LogP contribution is -2.27. The molecular formula is C40H54FN5O2. The maximum Gasteiger partial charge on any atom is 0.223 e. The van der Waals surface area contributed by atoms with E-state index in [0.717, 1.165) is 76.2 Å². The number of halogens is 1. The number of aryl methyl sites for hydroxylation is 1. The smallest absolute Gasteiger partial charge is 0.223 e. The number of aromatic amines is 1. The molecule has 0 unspecified atom stereocenters. The van der Waals surface area contributed by atoms with Crippen LogP contribution in [0.25, 0.3) is 33.5 Å². The summed E-state index contributed by atoms with van der Waals surface area (Å²) in [5.74, 6) is 0.169. The van der Waals surface area contributed by atoms with E-state index >= 15 is 0 Å². The molecule has 1 fully saturated rings. The average molecular weight is 656 g/mol. The van der Waals surface area contributed by atoms with E-state index in [4.69, 9.17) is 10.1 Å². The lowest BCUT2D eigenvalue weighted by atomic mass is 9.92. The van der Waals surface area contributed by atoms with Gasteiger partial charge in [-0.2, -0.15) is 5.10 Å². The van der Waals surface area contributed by atoms with Crippen LogP contribution in [0.15, 0.2) is 30.3 Å². The van der Waals surface area contributed by atoms with Gasteiger partial charge in [-0.25, -0.2) is 9.37 Å². The number of unbranched alkanes of at least 4 members (excludes halogenated alkanes) is 12. The molecule has 8 heteroatoms. The van der Waals surface area contributed by atoms with Gasteiger partial charge < -0.3 is 14.6 Å². The van der Waals surface area contributed by atoms with Crippen LogP contribution in [0.3, 0.4) is 0 Å². The fourth-order valence-electron chi connectivity index (χ4n) is 7.58. The van der Waals surface area contributed by atoms with Crippen molar-refractivity contribution < 1.29 is 14.3 Å². The predicted molar refractivity (Wildman–Crippen MR) is 191 cm³/mol. The van der Waals surface area contributed by atoms with E-state index in [1.807, 2.05) is 30.0 Å². The van der Waals surface area contributed by atoms with Crippen molar-refractivity contribution in [1.82, 2.24) is 24.6 Å². The Bertz CT molecular complexity index is 1690. The zero-order chi connectivity index (χ0) is 33.5. The summed E-state index contributed by atoms with van der Waals surface area (Å²) in [5, 5.41) is 18.8. The highest BCUT2D eigenvalue weighted by Gasteiger charge is 2.35. The number of rotatable bonds is 18. The summed E-state index contributed by atoms with van der Waals surface area (Å²) in [6.07, 6.45) is 21.7. The molecule has 48 heavy (non-hydrogen) atoms. The number of phenols is 1. The highest BCUT2D eigenvalue weighted by molar-refractivity contribution is 5.94. The van der Waals surface area contributed by atoms with Gasteiger partial charge in [0.15, 0.2) is 17.4 Å². The van der Waals surface area contributed by atoms with Crippen LogP contribution in [-0.2, 0) is 24.3 Å². The number of carbonyl (C=O) groups is 1. The van der Waals surface area contributed by atoms with Gasteiger partial charge in [-0.05, 0) is 73.1 Å². The molecule has 1 aliphatic carbocycles. The Labute approximate surface area is 285 Å². The Morgan fingerprint density at radius 3 is 2.25 bits per heavy atom. The lowest BCUT2D eigenvalue weighted by molar-refractivity contribution is -0.132. The van der Waals surface area contributed by atoms with Crippen LogP contribution in [0.4, 0.5) is 4.39 Å². The van der Waals surface area contributed by atoms with Gasteiger partial charge in [0.2, 0.25) is 5.91 Å². The number of nitrogens with zero attached hydrogens (tertiary/aromatic N) is 4. The second-order valence-corrected chi connectivity index (χ2v) is 14.2. The number of hydrogen-bond acceptors (Lipinski definition) is 4. The van der Waals surface area contributed by atoms with Crippen molar-refractivity contribution in [3.05, 3.63) is 53.1 Å². The molecule has 1 amide bonds. The number of imidazole rings is 1. The van der Waals surface area contributed by atoms with Crippen LogP contribution in [0.2, 0.25) is 0 Å². The molecule has 0 spiro atoms. The molecule has 0 radical (unpaired) electrons. The summed E-state index contributed by atoms with van der Waals surface area (Å²) >= 11 is 0. The first-order valence-corrected chi connectivity index (χ1v) is 18.9. The van der Waals surface area contributed by atoms with Gasteiger partial charge in [-0.1, -0.05) is 97.0 Å². The van der Waals surface area contributed by atoms with Crippen molar-refractivity contribution in [3.63, 3.8) is 0 Å². The third kappa shape index (κ3) is 7.63. The number of benzene rings is 2. The number of H-pyrrole nitrogens is 1. The first-order valence-electron chi connectivity index (χ1n) is 18.9. The maximum absolute atomic E-state index is 14.3. The number of aromatic nitrogens is 4. The molecule has 1 aliphatic heterocycles. The van der Waals surface area contributed by atoms with Crippen molar-refractivity contribution >= 4 is 16.8 Å². The molecule has 4 aromatic rings. The molecule has 2 aromatic heterocycles. The highest BCUT2D eigenvalue weighted by atomic mass is 19.1. The first-order chi connectivity index (χ1) is 23.5. The zero-order valence-electron chi connectivity index (χ0n) is 29.1. The van der Waals surface area contributed by atoms with Crippen LogP contribution < -0.4 is 0 Å². The molecule has 2 N–H and O–H groups in total. The molecule has 0 saturated heterocycles. The monoisotopic (exact) mass is 655 g/mol. The third-order valence-corrected chi connectivity index (χ3v) is 10.7. The number of fused-ring (bicyclic) bond motifs is 2. The molecule has 1 saturated carbocycles. The Morgan fingerprint density at radius 1 is 0.917 bits per heavy atom. The van der Waals surface area contributed by atoms with Crippen LogP contribution in [0.1, 0.15) is 146 Å². The largest absolute Gasteiger partial charge is 0.505 e. The summed E-state index contributed by atoms with van der Waals surface area (Å²) in [6, 6.07) is 9.32. The first kappa shape index (κ1) is 34.2. The van der Waals surface area contributed by atoms with E-state index in [2.05, 4.69) is 16.6 Å². The number of carbonyl (C=O) groups excluding carboxylic acids is 1. The minimum atomic E-state index is -0.624. The van der Waals surface area contributed by atoms with E-state index < -0.39 is 5.82 Å². The van der Waals surface area contributed by atoms with Gasteiger partial charge in [-0.3, -0.25) is 9.89 Å². The molecule has 2 aliphatic rings. The number of hydrogen-bond donors (Lipinski definition) is 2. The van der Waals surface area contributed by atoms with Crippen LogP contribution in [0, 0.1) is 5.82 Å². The second kappa shape index (κ2) is 16.1. The van der Waals surface area contributed by atoms with Crippen molar-refractivity contribution in [3.8, 4) is 28.4 Å². The summed E-state index contributed by atoms with van der Waals surface area (Å²) < 4.78 is 16.7. The van der Waals surface area contributed by atoms with E-state index in [0.29, 0.717) is 32.0 Å². The van der Waals surface area contributed by atoms with Gasteiger partial charge in [0.25, 0.3) is 0 Å². The Hall–Kier alpha value is -3.68. The van der Waals surface area contributed by atoms with Crippen molar-refractivity contribution in [2.75, 3.05) is 0 Å². The summed E-state index contributed by atoms with van der Waals surface area (Å²) in [5.41, 5.74) is 6.36. The second-order valence-electron chi connectivity index (χ2n) is 14.2. The van der Waals surface area contributed by atoms with Crippen molar-refractivity contribution in [2.24, 2.45) is 0 Å². The van der Waals surface area contributed by atoms with E-state index in [1.54, 1.807) is 0 Å². The van der Waals surface area contributed by atoms with Gasteiger partial charge in [0.05, 0.1) is 30.0 Å². The van der Waals surface area contributed by atoms with Crippen molar-refractivity contribution in [2.45, 2.75) is 149 Å². The SMILES string of the molecule is CCCCCCCCCCCCCCCC(=O)N1Cc2nc(-c3n[nH]c4cc(-c5cc(F)c(O)cc5CC)ccc34)n(C3CCC3)c2C1. The fraction of sp³-hybridized carbons (Fsp3) is 0.575. The van der Waals surface area contributed by atoms with Gasteiger partial charge in [-0.15, -0.1) is 0 Å². The van der Waals surface area contributed by atoms with Crippen molar-refractivity contribution in [1.29, 1.82) is 0 Å². The highest BCUT2D eigenvalue weighted by Crippen LogP contribution is 2.41. The Kier molecular flexibility index (Phi) is 11.5. The molecule has 7 nitrogen and oxygen atoms in total. The summed E-state index contributed by atoms with van der Waals surface area (Å²) in [7, 11) is 0. The number of nitrogens with one attached hydrogen (secondary N) is 1. The quantitative estimate of drug-likeness (QED) is 0.104.